The molecule has 0 aliphatic heterocycles. The average Bonchev–Trinajstić information content (AvgIpc) is 3.43. The van der Waals surface area contributed by atoms with Crippen LogP contribution < -0.4 is 14.2 Å². The Hall–Kier alpha value is -10.8. The molecule has 3 atom stereocenters. The van der Waals surface area contributed by atoms with Crippen molar-refractivity contribution in [2.75, 3.05) is 21.3 Å². The number of esters is 3. The maximum absolute atomic E-state index is 12.0. The zero-order valence-electron chi connectivity index (χ0n) is 43.5. The van der Waals surface area contributed by atoms with Crippen LogP contribution in [0.5, 0.6) is 63.2 Å². The van der Waals surface area contributed by atoms with Crippen LogP contribution in [-0.2, 0) is 62.2 Å². The lowest BCUT2D eigenvalue weighted by Crippen LogP contribution is -2.28. The highest BCUT2D eigenvalue weighted by Crippen LogP contribution is 2.31. The van der Waals surface area contributed by atoms with Gasteiger partial charge in [0.1, 0.15) is 5.75 Å². The number of carboxylic acids is 3. The molecule has 3 unspecified atom stereocenters. The Bertz CT molecular complexity index is 3160. The molecule has 426 valence electrons. The highest BCUT2D eigenvalue weighted by atomic mass is 16.6. The summed E-state index contributed by atoms with van der Waals surface area (Å²) in [6.07, 6.45) is 2.64. The van der Waals surface area contributed by atoms with E-state index < -0.39 is 65.6 Å². The molecule has 11 N–H and O–H groups in total. The smallest absolute Gasteiger partial charge is 0.345 e. The number of aromatic hydroxyl groups is 8. The highest BCUT2D eigenvalue weighted by molar-refractivity contribution is 5.91. The summed E-state index contributed by atoms with van der Waals surface area (Å²) in [6, 6.07) is 25.7. The van der Waals surface area contributed by atoms with E-state index in [4.69, 9.17) is 28.4 Å². The number of hydrogen-bond acceptors (Lipinski definition) is 20. The second kappa shape index (κ2) is 30.2. The first-order valence-corrected chi connectivity index (χ1v) is 23.7. The van der Waals surface area contributed by atoms with E-state index >= 15 is 0 Å². The minimum atomic E-state index is -1.48. The summed E-state index contributed by atoms with van der Waals surface area (Å²) >= 11 is 0. The van der Waals surface area contributed by atoms with Gasteiger partial charge in [-0.25, -0.2) is 28.8 Å². The number of hydrogen-bond donors (Lipinski definition) is 11. The molecule has 0 bridgehead atoms. The van der Waals surface area contributed by atoms with Crippen LogP contribution in [0.2, 0.25) is 0 Å². The van der Waals surface area contributed by atoms with Crippen LogP contribution in [-0.4, -0.2) is 132 Å². The molecule has 81 heavy (non-hydrogen) atoms. The van der Waals surface area contributed by atoms with Crippen LogP contribution in [0.25, 0.3) is 18.2 Å². The van der Waals surface area contributed by atoms with Crippen molar-refractivity contribution in [3.63, 3.8) is 0 Å². The number of methoxy groups -OCH3 is 3. The van der Waals surface area contributed by atoms with Crippen molar-refractivity contribution in [1.82, 2.24) is 0 Å². The Morgan fingerprint density at radius 2 is 0.691 bits per heavy atom. The number of phenolic OH excluding ortho intramolecular Hbond substituents is 8. The molecule has 6 aromatic carbocycles. The second-order valence-corrected chi connectivity index (χ2v) is 17.0. The average molecular weight is 1120 g/mol. The fourth-order valence-electron chi connectivity index (χ4n) is 6.85. The summed E-state index contributed by atoms with van der Waals surface area (Å²) in [6.45, 7) is 1.69. The van der Waals surface area contributed by atoms with Crippen molar-refractivity contribution in [2.45, 2.75) is 44.5 Å². The SMILES string of the molecule is COc1cc(/C=C/C(=O)OC(Cc2ccc(O)c(C)c2)C(=O)O)ccc1O.COc1cc(/C=C/C(=O)OC(Cc2ccc(O)c(O)c2)C(=O)O)ccc1O.COc1ccc(/C=C/C(=O)OC(Cc2ccc(O)c(O)c2)C(=O)O)cc1O. The summed E-state index contributed by atoms with van der Waals surface area (Å²) in [5.41, 5.74) is 3.56. The lowest BCUT2D eigenvalue weighted by molar-refractivity contribution is -0.160. The van der Waals surface area contributed by atoms with E-state index in [1.165, 1.54) is 124 Å². The molecule has 0 heterocycles. The lowest BCUT2D eigenvalue weighted by atomic mass is 10.0. The molecule has 0 amide bonds. The van der Waals surface area contributed by atoms with E-state index in [2.05, 4.69) is 0 Å². The number of benzene rings is 6. The van der Waals surface area contributed by atoms with Gasteiger partial charge in [-0.3, -0.25) is 0 Å². The summed E-state index contributed by atoms with van der Waals surface area (Å²) < 4.78 is 29.7. The van der Waals surface area contributed by atoms with Gasteiger partial charge in [-0.05, 0) is 131 Å². The van der Waals surface area contributed by atoms with Gasteiger partial charge in [0.25, 0.3) is 0 Å². The minimum Gasteiger partial charge on any atom is -0.508 e. The molecule has 6 rings (SSSR count). The van der Waals surface area contributed by atoms with Crippen molar-refractivity contribution in [2.24, 2.45) is 0 Å². The number of ether oxygens (including phenoxy) is 6. The molecule has 0 aliphatic rings. The third kappa shape index (κ3) is 20.2. The second-order valence-electron chi connectivity index (χ2n) is 17.0. The van der Waals surface area contributed by atoms with E-state index in [0.717, 1.165) is 18.2 Å². The number of carboxylic acid groups (broad SMARTS) is 3. The van der Waals surface area contributed by atoms with Crippen LogP contribution in [0.4, 0.5) is 0 Å². The molecular formula is C58H56O23. The monoisotopic (exact) mass is 1120 g/mol. The number of phenols is 8. The maximum atomic E-state index is 12.0. The van der Waals surface area contributed by atoms with Crippen molar-refractivity contribution in [1.29, 1.82) is 0 Å². The van der Waals surface area contributed by atoms with E-state index in [1.807, 2.05) is 0 Å². The van der Waals surface area contributed by atoms with Crippen LogP contribution >= 0.6 is 0 Å². The van der Waals surface area contributed by atoms with Crippen LogP contribution in [0, 0.1) is 6.92 Å². The molecular weight excluding hydrogens is 1060 g/mol. The van der Waals surface area contributed by atoms with Gasteiger partial charge in [0.05, 0.1) is 21.3 Å². The van der Waals surface area contributed by atoms with E-state index in [0.29, 0.717) is 38.9 Å². The van der Waals surface area contributed by atoms with Crippen molar-refractivity contribution in [3.05, 3.63) is 166 Å². The zero-order valence-corrected chi connectivity index (χ0v) is 43.5. The molecule has 23 nitrogen and oxygen atoms in total. The van der Waals surface area contributed by atoms with E-state index in [-0.39, 0.29) is 71.0 Å². The molecule has 0 saturated carbocycles. The molecule has 0 spiro atoms. The summed E-state index contributed by atoms with van der Waals surface area (Å²) in [7, 11) is 4.19. The number of aliphatic carboxylic acids is 3. The van der Waals surface area contributed by atoms with Crippen LogP contribution in [0.1, 0.15) is 38.9 Å². The van der Waals surface area contributed by atoms with Crippen molar-refractivity contribution < 1.29 is 113 Å². The van der Waals surface area contributed by atoms with E-state index in [1.54, 1.807) is 31.2 Å². The predicted octanol–water partition coefficient (Wildman–Crippen LogP) is 6.80. The number of rotatable bonds is 21. The first kappa shape index (κ1) is 62.7. The van der Waals surface area contributed by atoms with Gasteiger partial charge in [0, 0.05) is 37.5 Å². The predicted molar refractivity (Wildman–Crippen MR) is 287 cm³/mol. The molecule has 0 saturated heterocycles. The Morgan fingerprint density at radius 3 is 1.01 bits per heavy atom. The normalized spacial score (nSPS) is 11.9. The molecule has 23 heteroatoms. The molecule has 0 aliphatic carbocycles. The molecule has 6 aromatic rings. The van der Waals surface area contributed by atoms with Crippen LogP contribution in [0.3, 0.4) is 0 Å². The summed E-state index contributed by atoms with van der Waals surface area (Å²) in [4.78, 5) is 69.8. The third-order valence-electron chi connectivity index (χ3n) is 11.1. The maximum Gasteiger partial charge on any atom is 0.345 e. The lowest BCUT2D eigenvalue weighted by Gasteiger charge is -2.13. The zero-order chi connectivity index (χ0) is 59.9. The van der Waals surface area contributed by atoms with Gasteiger partial charge in [0.2, 0.25) is 18.3 Å². The quantitative estimate of drug-likeness (QED) is 0.0153. The van der Waals surface area contributed by atoms with Crippen molar-refractivity contribution in [3.8, 4) is 63.2 Å². The molecule has 0 radical (unpaired) electrons. The Kier molecular flexibility index (Phi) is 23.4. The molecule has 0 aromatic heterocycles. The number of aryl methyl sites for hydroxylation is 1. The summed E-state index contributed by atoms with van der Waals surface area (Å²) in [5, 5.41) is 104. The molecule has 0 fully saturated rings. The fraction of sp³-hybridized carbons (Fsp3) is 0.172. The Balaban J connectivity index is 0.000000261. The van der Waals surface area contributed by atoms with Crippen LogP contribution in [0.15, 0.2) is 127 Å². The van der Waals surface area contributed by atoms with E-state index in [9.17, 15) is 84.9 Å². The minimum absolute atomic E-state index is 0.0247. The summed E-state index contributed by atoms with van der Waals surface area (Å²) in [5.74, 6) is -7.38. The largest absolute Gasteiger partial charge is 0.508 e. The van der Waals surface area contributed by atoms with Gasteiger partial charge >= 0.3 is 35.8 Å². The van der Waals surface area contributed by atoms with Gasteiger partial charge in [-0.2, -0.15) is 0 Å². The van der Waals surface area contributed by atoms with Crippen molar-refractivity contribution >= 4 is 54.0 Å². The van der Waals surface area contributed by atoms with Gasteiger partial charge in [0.15, 0.2) is 57.5 Å². The first-order chi connectivity index (χ1) is 38.4. The Morgan fingerprint density at radius 1 is 0.370 bits per heavy atom. The number of carbonyl (C=O) groups excluding carboxylic acids is 3. The third-order valence-corrected chi connectivity index (χ3v) is 11.1. The first-order valence-electron chi connectivity index (χ1n) is 23.7. The van der Waals surface area contributed by atoms with Gasteiger partial charge in [-0.1, -0.05) is 42.5 Å². The Labute approximate surface area is 461 Å². The van der Waals surface area contributed by atoms with Gasteiger partial charge < -0.3 is 84.6 Å². The van der Waals surface area contributed by atoms with Gasteiger partial charge in [-0.15, -0.1) is 0 Å². The topological polar surface area (TPSA) is 380 Å². The highest BCUT2D eigenvalue weighted by Gasteiger charge is 2.25. The number of carbonyl (C=O) groups is 6. The fourth-order valence-corrected chi connectivity index (χ4v) is 6.85. The standard InChI is InChI=1S/C20H20O7.2C19H18O8/c1-12-9-14(4-6-15(12)21)11-18(20(24)25)27-19(23)8-5-13-3-7-16(22)17(10-13)26-2;1-26-16-9-11(2-6-14(16)21)4-7-18(23)27-17(19(24)25)10-12-3-5-13(20)15(22)8-12;1-26-16-6-3-11(8-15(16)22)4-7-18(23)27-17(19(24)25)10-12-2-5-13(20)14(21)9-12/h3-10,18,21-22H,11H2,1-2H3,(H,24,25);2*2-9,17,20-22H,10H2,1H3,(H,24,25)/b8-5+;2*7-4+.